The van der Waals surface area contributed by atoms with Crippen molar-refractivity contribution in [2.24, 2.45) is 4.99 Å². The molecule has 112 valence electrons. The van der Waals surface area contributed by atoms with Crippen molar-refractivity contribution in [2.45, 2.75) is 6.92 Å². The van der Waals surface area contributed by atoms with E-state index in [0.717, 1.165) is 24.0 Å². The van der Waals surface area contributed by atoms with E-state index >= 15 is 0 Å². The first-order valence-electron chi connectivity index (χ1n) is 6.03. The average molecular weight is 365 g/mol. The largest absolute Gasteiger partial charge is 0.322 e. The second-order valence-electron chi connectivity index (χ2n) is 4.41. The van der Waals surface area contributed by atoms with Crippen molar-refractivity contribution in [1.82, 2.24) is 4.90 Å². The van der Waals surface area contributed by atoms with Gasteiger partial charge in [0.2, 0.25) is 0 Å². The van der Waals surface area contributed by atoms with Crippen molar-refractivity contribution in [3.8, 4) is 0 Å². The number of rotatable bonds is 2. The van der Waals surface area contributed by atoms with Gasteiger partial charge in [-0.25, -0.2) is 0 Å². The first kappa shape index (κ1) is 16.5. The zero-order valence-electron chi connectivity index (χ0n) is 11.0. The topological polar surface area (TPSA) is 44.7 Å². The van der Waals surface area contributed by atoms with Crippen LogP contribution in [-0.2, 0) is 4.79 Å². The van der Waals surface area contributed by atoms with Crippen LogP contribution in [-0.4, -0.2) is 29.1 Å². The summed E-state index contributed by atoms with van der Waals surface area (Å²) in [5, 5.41) is 4.68. The lowest BCUT2D eigenvalue weighted by Gasteiger charge is -2.12. The number of halogens is 3. The summed E-state index contributed by atoms with van der Waals surface area (Å²) in [6, 6.07) is 4.97. The third kappa shape index (κ3) is 3.16. The lowest BCUT2D eigenvalue weighted by molar-refractivity contribution is -0.112. The molecule has 21 heavy (non-hydrogen) atoms. The highest BCUT2D eigenvalue weighted by atomic mass is 35.5. The molecule has 8 heteroatoms. The second kappa shape index (κ2) is 6.48. The summed E-state index contributed by atoms with van der Waals surface area (Å²) >= 11 is 13.4. The Morgan fingerprint density at radius 3 is 2.90 bits per heavy atom. The van der Waals surface area contributed by atoms with E-state index in [4.69, 9.17) is 23.2 Å². The number of carbonyl (C=O) groups is 1. The molecule has 1 amide bonds. The first-order valence-corrected chi connectivity index (χ1v) is 7.60. The predicted octanol–water partition coefficient (Wildman–Crippen LogP) is 4.00. The molecule has 4 nitrogen and oxygen atoms in total. The number of fused-ring (bicyclic) bond motifs is 1. The summed E-state index contributed by atoms with van der Waals surface area (Å²) in [6.45, 7) is 3.55. The molecule has 0 atom stereocenters. The van der Waals surface area contributed by atoms with Gasteiger partial charge in [0.1, 0.15) is 0 Å². The fourth-order valence-corrected chi connectivity index (χ4v) is 3.51. The van der Waals surface area contributed by atoms with Gasteiger partial charge in [-0.1, -0.05) is 23.2 Å². The van der Waals surface area contributed by atoms with Gasteiger partial charge < -0.3 is 10.2 Å². The molecular weight excluding hydrogens is 353 g/mol. The number of amides is 1. The number of amidine groups is 1. The number of carbonyl (C=O) groups excluding carboxylic acids is 1. The van der Waals surface area contributed by atoms with E-state index in [1.165, 1.54) is 11.8 Å². The lowest BCUT2D eigenvalue weighted by atomic mass is 10.3. The van der Waals surface area contributed by atoms with Crippen LogP contribution < -0.4 is 5.32 Å². The van der Waals surface area contributed by atoms with Crippen molar-refractivity contribution in [3.05, 3.63) is 38.8 Å². The zero-order valence-corrected chi connectivity index (χ0v) is 14.2. The van der Waals surface area contributed by atoms with Crippen LogP contribution in [0.1, 0.15) is 6.92 Å². The summed E-state index contributed by atoms with van der Waals surface area (Å²) in [5.41, 5.74) is 1.45. The standard InChI is InChI=1S/C13H11Cl2N3OS.ClH/c1-7-11(20-13-16-4-5-18(7)13)12(19)17-10-6-8(14)2-3-9(10)15;/h2-3,6H,4-5H2,1H3,(H,17,19);1H. The predicted molar refractivity (Wildman–Crippen MR) is 91.6 cm³/mol. The number of benzene rings is 1. The molecule has 0 unspecified atom stereocenters. The molecule has 1 aromatic carbocycles. The third-order valence-corrected chi connectivity index (χ3v) is 4.89. The molecular formula is C13H12Cl3N3OS. The van der Waals surface area contributed by atoms with Gasteiger partial charge in [-0.3, -0.25) is 9.79 Å². The fraction of sp³-hybridized carbons (Fsp3) is 0.231. The van der Waals surface area contributed by atoms with Crippen LogP contribution in [0.25, 0.3) is 0 Å². The Bertz CT molecular complexity index is 660. The third-order valence-electron chi connectivity index (χ3n) is 3.11. The molecule has 0 spiro atoms. The van der Waals surface area contributed by atoms with Crippen LogP contribution in [0.4, 0.5) is 5.69 Å². The SMILES string of the molecule is CC1=C(C(=O)Nc2cc(Cl)ccc2Cl)SC2=NCCN21.Cl. The Morgan fingerprint density at radius 1 is 1.43 bits per heavy atom. The van der Waals surface area contributed by atoms with Crippen molar-refractivity contribution in [2.75, 3.05) is 18.4 Å². The summed E-state index contributed by atoms with van der Waals surface area (Å²) < 4.78 is 0. The summed E-state index contributed by atoms with van der Waals surface area (Å²) in [6.07, 6.45) is 0. The maximum Gasteiger partial charge on any atom is 0.264 e. The molecule has 3 rings (SSSR count). The van der Waals surface area contributed by atoms with Gasteiger partial charge in [0.15, 0.2) is 5.17 Å². The van der Waals surface area contributed by atoms with E-state index in [-0.39, 0.29) is 18.3 Å². The van der Waals surface area contributed by atoms with Gasteiger partial charge in [0.25, 0.3) is 5.91 Å². The normalized spacial score (nSPS) is 16.5. The van der Waals surface area contributed by atoms with Crippen LogP contribution in [0.2, 0.25) is 10.0 Å². The number of anilines is 1. The molecule has 2 heterocycles. The van der Waals surface area contributed by atoms with Crippen LogP contribution in [0.5, 0.6) is 0 Å². The van der Waals surface area contributed by atoms with Crippen molar-refractivity contribution >= 4 is 64.1 Å². The first-order chi connectivity index (χ1) is 9.56. The number of hydrogen-bond acceptors (Lipinski definition) is 4. The summed E-state index contributed by atoms with van der Waals surface area (Å²) in [4.78, 5) is 19.4. The van der Waals surface area contributed by atoms with Gasteiger partial charge in [-0.05, 0) is 36.9 Å². The number of hydrogen-bond donors (Lipinski definition) is 1. The minimum Gasteiger partial charge on any atom is -0.322 e. The van der Waals surface area contributed by atoms with E-state index in [1.807, 2.05) is 6.92 Å². The molecule has 1 aromatic rings. The molecule has 0 aromatic heterocycles. The van der Waals surface area contributed by atoms with Crippen molar-refractivity contribution in [1.29, 1.82) is 0 Å². The zero-order chi connectivity index (χ0) is 14.3. The number of nitrogens with zero attached hydrogens (tertiary/aromatic N) is 2. The second-order valence-corrected chi connectivity index (χ2v) is 6.23. The molecule has 2 aliphatic heterocycles. The summed E-state index contributed by atoms with van der Waals surface area (Å²) in [5.74, 6) is -0.186. The molecule has 0 radical (unpaired) electrons. The van der Waals surface area contributed by atoms with Gasteiger partial charge in [-0.15, -0.1) is 12.4 Å². The van der Waals surface area contributed by atoms with Crippen molar-refractivity contribution < 1.29 is 4.79 Å². The maximum atomic E-state index is 12.3. The van der Waals surface area contributed by atoms with Crippen LogP contribution in [0, 0.1) is 0 Å². The quantitative estimate of drug-likeness (QED) is 0.862. The Morgan fingerprint density at radius 2 is 2.19 bits per heavy atom. The van der Waals surface area contributed by atoms with Gasteiger partial charge in [0.05, 0.1) is 22.2 Å². The van der Waals surface area contributed by atoms with E-state index in [0.29, 0.717) is 20.6 Å². The summed E-state index contributed by atoms with van der Waals surface area (Å²) in [7, 11) is 0. The van der Waals surface area contributed by atoms with Crippen molar-refractivity contribution in [3.63, 3.8) is 0 Å². The molecule has 0 bridgehead atoms. The molecule has 0 aliphatic carbocycles. The fourth-order valence-electron chi connectivity index (χ4n) is 2.10. The Balaban J connectivity index is 0.00000161. The number of thioether (sulfide) groups is 1. The highest BCUT2D eigenvalue weighted by Crippen LogP contribution is 2.37. The average Bonchev–Trinajstić information content (AvgIpc) is 2.97. The maximum absolute atomic E-state index is 12.3. The number of nitrogens with one attached hydrogen (secondary N) is 1. The highest BCUT2D eigenvalue weighted by Gasteiger charge is 2.33. The minimum absolute atomic E-state index is 0. The molecule has 0 saturated heterocycles. The molecule has 0 fully saturated rings. The number of allylic oxidation sites excluding steroid dienone is 1. The van der Waals surface area contributed by atoms with E-state index < -0.39 is 0 Å². The minimum atomic E-state index is -0.186. The van der Waals surface area contributed by atoms with Gasteiger partial charge in [-0.2, -0.15) is 0 Å². The smallest absolute Gasteiger partial charge is 0.264 e. The Labute approximate surface area is 143 Å². The van der Waals surface area contributed by atoms with Gasteiger partial charge >= 0.3 is 0 Å². The lowest BCUT2D eigenvalue weighted by Crippen LogP contribution is -2.20. The Kier molecular flexibility index (Phi) is 5.09. The van der Waals surface area contributed by atoms with Crippen LogP contribution >= 0.6 is 47.4 Å². The van der Waals surface area contributed by atoms with E-state index in [1.54, 1.807) is 18.2 Å². The molecule has 2 aliphatic rings. The Hall–Kier alpha value is -0.880. The van der Waals surface area contributed by atoms with Crippen LogP contribution in [0.3, 0.4) is 0 Å². The van der Waals surface area contributed by atoms with E-state index in [9.17, 15) is 4.79 Å². The molecule has 0 saturated carbocycles. The molecule has 1 N–H and O–H groups in total. The van der Waals surface area contributed by atoms with Crippen LogP contribution in [0.15, 0.2) is 33.8 Å². The number of aliphatic imine (C=N–C) groups is 1. The van der Waals surface area contributed by atoms with E-state index in [2.05, 4.69) is 15.2 Å². The van der Waals surface area contributed by atoms with Gasteiger partial charge in [0, 0.05) is 17.3 Å². The monoisotopic (exact) mass is 363 g/mol. The highest BCUT2D eigenvalue weighted by molar-refractivity contribution is 8.18.